The van der Waals surface area contributed by atoms with E-state index in [1.165, 1.54) is 23.1 Å². The molecule has 0 saturated heterocycles. The molecule has 0 bridgehead atoms. The van der Waals surface area contributed by atoms with Crippen molar-refractivity contribution in [2.75, 3.05) is 0 Å². The van der Waals surface area contributed by atoms with Crippen LogP contribution >= 0.6 is 23.1 Å². The van der Waals surface area contributed by atoms with Gasteiger partial charge in [0.05, 0.1) is 6.10 Å². The van der Waals surface area contributed by atoms with Gasteiger partial charge in [-0.1, -0.05) is 0 Å². The van der Waals surface area contributed by atoms with Crippen LogP contribution in [-0.2, 0) is 4.74 Å². The molecule has 114 valence electrons. The molecule has 0 saturated carbocycles. The zero-order chi connectivity index (χ0) is 15.5. The number of esters is 1. The molecular formula is C12H12N6O2S2. The molecule has 0 fully saturated rings. The van der Waals surface area contributed by atoms with E-state index in [-0.39, 0.29) is 11.9 Å². The maximum Gasteiger partial charge on any atom is 0.376 e. The number of rotatable bonds is 2. The zero-order valence-electron chi connectivity index (χ0n) is 11.8. The van der Waals surface area contributed by atoms with E-state index in [9.17, 15) is 4.79 Å². The van der Waals surface area contributed by atoms with Gasteiger partial charge >= 0.3 is 5.97 Å². The number of carbonyl (C=O) groups is 1. The summed E-state index contributed by atoms with van der Waals surface area (Å²) in [5, 5.41) is 0. The predicted octanol–water partition coefficient (Wildman–Crippen LogP) is 2.15. The Bertz CT molecular complexity index is 838. The summed E-state index contributed by atoms with van der Waals surface area (Å²) in [6.45, 7) is 3.60. The Balaban J connectivity index is 0.000000151. The van der Waals surface area contributed by atoms with E-state index in [4.69, 9.17) is 4.74 Å². The van der Waals surface area contributed by atoms with E-state index < -0.39 is 5.97 Å². The Hall–Kier alpha value is -2.33. The van der Waals surface area contributed by atoms with Crippen molar-refractivity contribution in [1.82, 2.24) is 27.5 Å². The molecule has 0 unspecified atom stereocenters. The summed E-state index contributed by atoms with van der Waals surface area (Å²) in [4.78, 5) is 21.2. The number of ether oxygens (including phenoxy) is 1. The normalized spacial score (nSPS) is 10.9. The molecule has 4 rings (SSSR count). The summed E-state index contributed by atoms with van der Waals surface area (Å²) in [5.74, 6) is -0.125. The van der Waals surface area contributed by atoms with E-state index in [0.717, 1.165) is 4.96 Å². The first-order chi connectivity index (χ1) is 10.6. The van der Waals surface area contributed by atoms with Crippen LogP contribution in [0.2, 0.25) is 0 Å². The topological polar surface area (TPSA) is 86.7 Å². The highest BCUT2D eigenvalue weighted by atomic mass is 32.1. The average Bonchev–Trinajstić information content (AvgIpc) is 3.19. The SMILES string of the molecule is CC(C)OC(=O)c1nsc2nccn12.c1cn2cnsc2n1. The fourth-order valence-electron chi connectivity index (χ4n) is 1.63. The quantitative estimate of drug-likeness (QED) is 0.521. The lowest BCUT2D eigenvalue weighted by Gasteiger charge is -2.05. The Morgan fingerprint density at radius 1 is 1.18 bits per heavy atom. The molecule has 0 aromatic carbocycles. The third kappa shape index (κ3) is 2.97. The van der Waals surface area contributed by atoms with Gasteiger partial charge in [0.1, 0.15) is 6.33 Å². The van der Waals surface area contributed by atoms with Crippen molar-refractivity contribution >= 4 is 39.0 Å². The lowest BCUT2D eigenvalue weighted by molar-refractivity contribution is 0.0363. The van der Waals surface area contributed by atoms with Crippen molar-refractivity contribution in [3.63, 3.8) is 0 Å². The highest BCUT2D eigenvalue weighted by Gasteiger charge is 2.16. The molecule has 0 spiro atoms. The Morgan fingerprint density at radius 2 is 1.95 bits per heavy atom. The van der Waals surface area contributed by atoms with Gasteiger partial charge < -0.3 is 4.74 Å². The maximum absolute atomic E-state index is 11.5. The molecule has 0 amide bonds. The van der Waals surface area contributed by atoms with Crippen molar-refractivity contribution in [1.29, 1.82) is 0 Å². The summed E-state index contributed by atoms with van der Waals surface area (Å²) in [6, 6.07) is 0. The largest absolute Gasteiger partial charge is 0.457 e. The van der Waals surface area contributed by atoms with E-state index in [2.05, 4.69) is 18.7 Å². The highest BCUT2D eigenvalue weighted by Crippen LogP contribution is 2.11. The van der Waals surface area contributed by atoms with E-state index in [0.29, 0.717) is 4.96 Å². The van der Waals surface area contributed by atoms with Gasteiger partial charge in [-0.15, -0.1) is 0 Å². The number of imidazole rings is 2. The predicted molar refractivity (Wildman–Crippen MR) is 82.3 cm³/mol. The van der Waals surface area contributed by atoms with Crippen LogP contribution in [0.1, 0.15) is 24.5 Å². The van der Waals surface area contributed by atoms with Gasteiger partial charge in [0.25, 0.3) is 0 Å². The first-order valence-corrected chi connectivity index (χ1v) is 7.93. The minimum absolute atomic E-state index is 0.136. The summed E-state index contributed by atoms with van der Waals surface area (Å²) in [5.41, 5.74) is 0. The molecule has 10 heteroatoms. The molecule has 4 aromatic heterocycles. The van der Waals surface area contributed by atoms with Gasteiger partial charge in [0.2, 0.25) is 15.7 Å². The van der Waals surface area contributed by atoms with Crippen LogP contribution < -0.4 is 0 Å². The summed E-state index contributed by atoms with van der Waals surface area (Å²) in [6.07, 6.45) is 8.55. The molecular weight excluding hydrogens is 324 g/mol. The molecule has 0 aliphatic rings. The van der Waals surface area contributed by atoms with Crippen LogP contribution in [0.25, 0.3) is 9.92 Å². The number of hydrogen-bond donors (Lipinski definition) is 0. The van der Waals surface area contributed by atoms with Gasteiger partial charge in [-0.3, -0.25) is 8.80 Å². The van der Waals surface area contributed by atoms with Gasteiger partial charge in [0, 0.05) is 47.9 Å². The minimum Gasteiger partial charge on any atom is -0.457 e. The summed E-state index contributed by atoms with van der Waals surface area (Å²) < 4.78 is 16.4. The smallest absolute Gasteiger partial charge is 0.376 e. The molecule has 0 atom stereocenters. The van der Waals surface area contributed by atoms with Gasteiger partial charge in [-0.05, 0) is 13.8 Å². The summed E-state index contributed by atoms with van der Waals surface area (Å²) in [7, 11) is 0. The molecule has 0 aliphatic carbocycles. The average molecular weight is 336 g/mol. The van der Waals surface area contributed by atoms with Crippen LogP contribution in [0.5, 0.6) is 0 Å². The van der Waals surface area contributed by atoms with Crippen molar-refractivity contribution in [3.05, 3.63) is 36.9 Å². The first-order valence-electron chi connectivity index (χ1n) is 6.38. The van der Waals surface area contributed by atoms with Crippen LogP contribution in [0.3, 0.4) is 0 Å². The molecule has 0 N–H and O–H groups in total. The molecule has 0 aliphatic heterocycles. The van der Waals surface area contributed by atoms with Crippen molar-refractivity contribution in [2.24, 2.45) is 0 Å². The second-order valence-electron chi connectivity index (χ2n) is 4.47. The Kier molecular flexibility index (Phi) is 4.11. The Labute approximate surface area is 133 Å². The van der Waals surface area contributed by atoms with Gasteiger partial charge in [-0.25, -0.2) is 14.8 Å². The van der Waals surface area contributed by atoms with Gasteiger partial charge in [-0.2, -0.15) is 8.75 Å². The third-order valence-electron chi connectivity index (χ3n) is 2.51. The fraction of sp³-hybridized carbons (Fsp3) is 0.250. The maximum atomic E-state index is 11.5. The number of carbonyl (C=O) groups excluding carboxylic acids is 1. The number of nitrogens with zero attached hydrogens (tertiary/aromatic N) is 6. The lowest BCUT2D eigenvalue weighted by atomic mass is 10.5. The lowest BCUT2D eigenvalue weighted by Crippen LogP contribution is -2.14. The zero-order valence-corrected chi connectivity index (χ0v) is 13.4. The highest BCUT2D eigenvalue weighted by molar-refractivity contribution is 7.11. The van der Waals surface area contributed by atoms with Crippen LogP contribution in [0.15, 0.2) is 31.1 Å². The Morgan fingerprint density at radius 3 is 2.73 bits per heavy atom. The number of fused-ring (bicyclic) bond motifs is 2. The standard InChI is InChI=1S/C8H9N3O2S.C4H3N3S/c1-5(2)13-7(12)6-10-14-8-9-3-4-11(6)8;1-2-7-3-6-8-4(7)5-1/h3-5H,1-2H3;1-3H. The molecule has 4 aromatic rings. The second-order valence-corrected chi connectivity index (χ2v) is 5.96. The fourth-order valence-corrected chi connectivity index (χ4v) is 2.86. The van der Waals surface area contributed by atoms with Crippen LogP contribution in [-0.4, -0.2) is 39.6 Å². The van der Waals surface area contributed by atoms with Gasteiger partial charge in [0.15, 0.2) is 0 Å². The first kappa shape index (κ1) is 14.6. The van der Waals surface area contributed by atoms with Crippen molar-refractivity contribution < 1.29 is 9.53 Å². The second kappa shape index (κ2) is 6.20. The third-order valence-corrected chi connectivity index (χ3v) is 3.92. The minimum atomic E-state index is -0.413. The van der Waals surface area contributed by atoms with E-state index in [1.54, 1.807) is 43.2 Å². The molecule has 22 heavy (non-hydrogen) atoms. The van der Waals surface area contributed by atoms with E-state index >= 15 is 0 Å². The number of hydrogen-bond acceptors (Lipinski definition) is 8. The van der Waals surface area contributed by atoms with Crippen molar-refractivity contribution in [2.45, 2.75) is 20.0 Å². The van der Waals surface area contributed by atoms with E-state index in [1.807, 2.05) is 10.6 Å². The summed E-state index contributed by atoms with van der Waals surface area (Å²) >= 11 is 2.57. The van der Waals surface area contributed by atoms with Crippen LogP contribution in [0.4, 0.5) is 0 Å². The molecule has 8 nitrogen and oxygen atoms in total. The van der Waals surface area contributed by atoms with Crippen LogP contribution in [0, 0.1) is 0 Å². The number of aromatic nitrogens is 6. The molecule has 4 heterocycles. The van der Waals surface area contributed by atoms with Crippen molar-refractivity contribution in [3.8, 4) is 0 Å². The monoisotopic (exact) mass is 336 g/mol. The molecule has 0 radical (unpaired) electrons.